The van der Waals surface area contributed by atoms with Crippen molar-refractivity contribution in [2.24, 2.45) is 5.41 Å². The predicted molar refractivity (Wildman–Crippen MR) is 64.1 cm³/mol. The van der Waals surface area contributed by atoms with Crippen molar-refractivity contribution in [2.75, 3.05) is 39.6 Å². The third kappa shape index (κ3) is 4.54. The van der Waals surface area contributed by atoms with Gasteiger partial charge in [0.2, 0.25) is 0 Å². The van der Waals surface area contributed by atoms with Gasteiger partial charge in [-0.1, -0.05) is 13.8 Å². The number of epoxide rings is 2. The summed E-state index contributed by atoms with van der Waals surface area (Å²) in [6.07, 6.45) is 2.87. The van der Waals surface area contributed by atoms with Crippen LogP contribution >= 0.6 is 0 Å². The van der Waals surface area contributed by atoms with Gasteiger partial charge in [-0.3, -0.25) is 0 Å². The SMILES string of the molecule is CCC(CC)(COCC1CO1)COCC1CO1. The fourth-order valence-electron chi connectivity index (χ4n) is 1.84. The highest BCUT2D eigenvalue weighted by Gasteiger charge is 2.31. The van der Waals surface area contributed by atoms with Crippen LogP contribution in [0.3, 0.4) is 0 Å². The summed E-state index contributed by atoms with van der Waals surface area (Å²) < 4.78 is 21.8. The van der Waals surface area contributed by atoms with Crippen LogP contribution in [-0.4, -0.2) is 51.8 Å². The molecule has 0 bridgehead atoms. The highest BCUT2D eigenvalue weighted by atomic mass is 16.6. The second kappa shape index (κ2) is 6.14. The van der Waals surface area contributed by atoms with E-state index >= 15 is 0 Å². The van der Waals surface area contributed by atoms with Crippen molar-refractivity contribution >= 4 is 0 Å². The summed E-state index contributed by atoms with van der Waals surface area (Å²) in [7, 11) is 0. The Kier molecular flexibility index (Phi) is 4.79. The molecule has 2 unspecified atom stereocenters. The highest BCUT2D eigenvalue weighted by Crippen LogP contribution is 2.28. The molecular weight excluding hydrogens is 220 g/mol. The van der Waals surface area contributed by atoms with Gasteiger partial charge in [0.1, 0.15) is 12.2 Å². The van der Waals surface area contributed by atoms with Gasteiger partial charge >= 0.3 is 0 Å². The molecule has 0 spiro atoms. The topological polar surface area (TPSA) is 43.5 Å². The first-order valence-corrected chi connectivity index (χ1v) is 6.66. The van der Waals surface area contributed by atoms with Crippen molar-refractivity contribution in [1.82, 2.24) is 0 Å². The van der Waals surface area contributed by atoms with Crippen molar-refractivity contribution in [3.8, 4) is 0 Å². The van der Waals surface area contributed by atoms with Gasteiger partial charge < -0.3 is 18.9 Å². The van der Waals surface area contributed by atoms with Crippen molar-refractivity contribution < 1.29 is 18.9 Å². The monoisotopic (exact) mass is 244 g/mol. The van der Waals surface area contributed by atoms with Gasteiger partial charge in [0.05, 0.1) is 39.6 Å². The van der Waals surface area contributed by atoms with Gasteiger partial charge in [-0.25, -0.2) is 0 Å². The molecule has 0 saturated carbocycles. The summed E-state index contributed by atoms with van der Waals surface area (Å²) in [5, 5.41) is 0. The molecule has 0 aromatic heterocycles. The third-order valence-corrected chi connectivity index (χ3v) is 3.73. The van der Waals surface area contributed by atoms with Gasteiger partial charge in [-0.05, 0) is 12.8 Å². The molecule has 0 aliphatic carbocycles. The molecule has 0 radical (unpaired) electrons. The first-order valence-electron chi connectivity index (χ1n) is 6.66. The van der Waals surface area contributed by atoms with Crippen molar-refractivity contribution in [2.45, 2.75) is 38.9 Å². The minimum atomic E-state index is 0.157. The van der Waals surface area contributed by atoms with Gasteiger partial charge in [0.25, 0.3) is 0 Å². The number of hydrogen-bond acceptors (Lipinski definition) is 4. The maximum atomic E-state index is 5.74. The van der Waals surface area contributed by atoms with Crippen LogP contribution in [0.4, 0.5) is 0 Å². The lowest BCUT2D eigenvalue weighted by Crippen LogP contribution is -2.32. The summed E-state index contributed by atoms with van der Waals surface area (Å²) in [5.41, 5.74) is 0.157. The Morgan fingerprint density at radius 1 is 0.941 bits per heavy atom. The van der Waals surface area contributed by atoms with E-state index in [-0.39, 0.29) is 5.41 Å². The lowest BCUT2D eigenvalue weighted by Gasteiger charge is -2.31. The molecule has 0 aromatic rings. The largest absolute Gasteiger partial charge is 0.378 e. The minimum absolute atomic E-state index is 0.157. The molecule has 100 valence electrons. The summed E-state index contributed by atoms with van der Waals surface area (Å²) in [6.45, 7) is 9.13. The van der Waals surface area contributed by atoms with E-state index in [1.165, 1.54) is 0 Å². The summed E-state index contributed by atoms with van der Waals surface area (Å²) in [5.74, 6) is 0. The van der Waals surface area contributed by atoms with Crippen LogP contribution in [-0.2, 0) is 18.9 Å². The average Bonchev–Trinajstić information content (AvgIpc) is 3.21. The lowest BCUT2D eigenvalue weighted by molar-refractivity contribution is -0.0329. The molecule has 4 nitrogen and oxygen atoms in total. The Morgan fingerprint density at radius 2 is 1.35 bits per heavy atom. The Balaban J connectivity index is 1.65. The highest BCUT2D eigenvalue weighted by molar-refractivity contribution is 4.78. The average molecular weight is 244 g/mol. The van der Waals surface area contributed by atoms with Gasteiger partial charge in [0, 0.05) is 5.41 Å². The van der Waals surface area contributed by atoms with Crippen molar-refractivity contribution in [3.05, 3.63) is 0 Å². The number of ether oxygens (including phenoxy) is 4. The third-order valence-electron chi connectivity index (χ3n) is 3.73. The summed E-state index contributed by atoms with van der Waals surface area (Å²) >= 11 is 0. The molecular formula is C13H24O4. The van der Waals surface area contributed by atoms with Gasteiger partial charge in [-0.15, -0.1) is 0 Å². The van der Waals surface area contributed by atoms with E-state index in [1.54, 1.807) is 0 Å². The fourth-order valence-corrected chi connectivity index (χ4v) is 1.84. The van der Waals surface area contributed by atoms with Crippen LogP contribution in [0, 0.1) is 5.41 Å². The van der Waals surface area contributed by atoms with Crippen molar-refractivity contribution in [1.29, 1.82) is 0 Å². The lowest BCUT2D eigenvalue weighted by atomic mass is 9.84. The second-order valence-corrected chi connectivity index (χ2v) is 5.15. The second-order valence-electron chi connectivity index (χ2n) is 5.15. The first kappa shape index (κ1) is 13.3. The molecule has 2 saturated heterocycles. The minimum Gasteiger partial charge on any atom is -0.378 e. The fraction of sp³-hybridized carbons (Fsp3) is 1.00. The van der Waals surface area contributed by atoms with E-state index in [9.17, 15) is 0 Å². The van der Waals surface area contributed by atoms with E-state index in [1.807, 2.05) is 0 Å². The molecule has 2 aliphatic heterocycles. The normalized spacial score (nSPS) is 27.2. The van der Waals surface area contributed by atoms with E-state index in [0.29, 0.717) is 12.2 Å². The van der Waals surface area contributed by atoms with Crippen LogP contribution in [0.5, 0.6) is 0 Å². The van der Waals surface area contributed by atoms with Crippen LogP contribution < -0.4 is 0 Å². The zero-order chi connectivity index (χ0) is 12.1. The zero-order valence-electron chi connectivity index (χ0n) is 10.9. The molecule has 2 heterocycles. The molecule has 2 fully saturated rings. The van der Waals surface area contributed by atoms with Crippen LogP contribution in [0.25, 0.3) is 0 Å². The number of rotatable bonds is 10. The maximum absolute atomic E-state index is 5.74. The molecule has 17 heavy (non-hydrogen) atoms. The zero-order valence-corrected chi connectivity index (χ0v) is 10.9. The molecule has 2 rings (SSSR count). The summed E-state index contributed by atoms with van der Waals surface area (Å²) in [6, 6.07) is 0. The number of hydrogen-bond donors (Lipinski definition) is 0. The van der Waals surface area contributed by atoms with E-state index < -0.39 is 0 Å². The first-order chi connectivity index (χ1) is 8.28. The van der Waals surface area contributed by atoms with Crippen molar-refractivity contribution in [3.63, 3.8) is 0 Å². The Morgan fingerprint density at radius 3 is 1.65 bits per heavy atom. The predicted octanol–water partition coefficient (Wildman–Crippen LogP) is 1.62. The molecule has 0 N–H and O–H groups in total. The Bertz CT molecular complexity index is 199. The van der Waals surface area contributed by atoms with Crippen LogP contribution in [0.15, 0.2) is 0 Å². The quantitative estimate of drug-likeness (QED) is 0.548. The van der Waals surface area contributed by atoms with Gasteiger partial charge in [-0.2, -0.15) is 0 Å². The molecule has 4 heteroatoms. The van der Waals surface area contributed by atoms with E-state index in [2.05, 4.69) is 13.8 Å². The molecule has 2 aliphatic rings. The van der Waals surface area contributed by atoms with Gasteiger partial charge in [0.15, 0.2) is 0 Å². The Labute approximate surface area is 104 Å². The summed E-state index contributed by atoms with van der Waals surface area (Å²) in [4.78, 5) is 0. The smallest absolute Gasteiger partial charge is 0.104 e. The Hall–Kier alpha value is -0.160. The molecule has 0 aromatic carbocycles. The molecule has 2 atom stereocenters. The molecule has 0 amide bonds. The maximum Gasteiger partial charge on any atom is 0.104 e. The van der Waals surface area contributed by atoms with E-state index in [0.717, 1.165) is 52.5 Å². The van der Waals surface area contributed by atoms with Crippen LogP contribution in [0.2, 0.25) is 0 Å². The van der Waals surface area contributed by atoms with E-state index in [4.69, 9.17) is 18.9 Å². The standard InChI is InChI=1S/C13H24O4/c1-3-13(4-2,9-14-5-11-7-16-11)10-15-6-12-8-17-12/h11-12H,3-10H2,1-2H3. The van der Waals surface area contributed by atoms with Crippen LogP contribution in [0.1, 0.15) is 26.7 Å².